The lowest BCUT2D eigenvalue weighted by Crippen LogP contribution is -2.17. The summed E-state index contributed by atoms with van der Waals surface area (Å²) in [5.74, 6) is 0.730. The van der Waals surface area contributed by atoms with Crippen LogP contribution in [0.15, 0.2) is 29.2 Å². The Labute approximate surface area is 122 Å². The minimum atomic E-state index is -0.127. The number of hydrogen-bond acceptors (Lipinski definition) is 4. The SMILES string of the molecule is CCCCOc1ccc(C=C2SC(=S)NC2=O)cc1. The average molecular weight is 293 g/mol. The highest BCUT2D eigenvalue weighted by atomic mass is 32.2. The highest BCUT2D eigenvalue weighted by Crippen LogP contribution is 2.26. The van der Waals surface area contributed by atoms with Gasteiger partial charge in [0.1, 0.15) is 10.1 Å². The molecule has 19 heavy (non-hydrogen) atoms. The van der Waals surface area contributed by atoms with E-state index < -0.39 is 0 Å². The summed E-state index contributed by atoms with van der Waals surface area (Å²) in [5, 5.41) is 2.60. The molecule has 1 heterocycles. The van der Waals surface area contributed by atoms with Gasteiger partial charge in [-0.25, -0.2) is 0 Å². The van der Waals surface area contributed by atoms with Crippen molar-refractivity contribution in [2.75, 3.05) is 6.61 Å². The minimum Gasteiger partial charge on any atom is -0.494 e. The number of thiocarbonyl (C=S) groups is 1. The van der Waals surface area contributed by atoms with E-state index in [0.717, 1.165) is 30.8 Å². The topological polar surface area (TPSA) is 38.3 Å². The lowest BCUT2D eigenvalue weighted by Gasteiger charge is -2.05. The van der Waals surface area contributed by atoms with Crippen LogP contribution in [-0.2, 0) is 4.79 Å². The molecule has 1 fully saturated rings. The van der Waals surface area contributed by atoms with Crippen LogP contribution < -0.4 is 10.1 Å². The molecule has 100 valence electrons. The maximum absolute atomic E-state index is 11.5. The fourth-order valence-electron chi connectivity index (χ4n) is 1.57. The van der Waals surface area contributed by atoms with E-state index in [0.29, 0.717) is 9.23 Å². The largest absolute Gasteiger partial charge is 0.494 e. The number of nitrogens with one attached hydrogen (secondary N) is 1. The van der Waals surface area contributed by atoms with Gasteiger partial charge in [-0.2, -0.15) is 0 Å². The molecule has 2 rings (SSSR count). The first-order chi connectivity index (χ1) is 9.19. The van der Waals surface area contributed by atoms with Gasteiger partial charge in [0, 0.05) is 0 Å². The number of benzene rings is 1. The number of hydrogen-bond donors (Lipinski definition) is 1. The molecular formula is C14H15NO2S2. The number of carbonyl (C=O) groups excluding carboxylic acids is 1. The number of amides is 1. The Balaban J connectivity index is 2.00. The third-order valence-corrected chi connectivity index (χ3v) is 3.75. The Morgan fingerprint density at radius 2 is 2.11 bits per heavy atom. The van der Waals surface area contributed by atoms with Gasteiger partial charge >= 0.3 is 0 Å². The van der Waals surface area contributed by atoms with Crippen molar-refractivity contribution in [1.29, 1.82) is 0 Å². The van der Waals surface area contributed by atoms with Crippen molar-refractivity contribution in [2.45, 2.75) is 19.8 Å². The molecule has 0 aliphatic carbocycles. The maximum Gasteiger partial charge on any atom is 0.263 e. The third kappa shape index (κ3) is 4.08. The normalized spacial score (nSPS) is 16.8. The van der Waals surface area contributed by atoms with Crippen LogP contribution in [-0.4, -0.2) is 16.8 Å². The lowest BCUT2D eigenvalue weighted by molar-refractivity contribution is -0.115. The molecule has 1 aliphatic heterocycles. The van der Waals surface area contributed by atoms with Crippen molar-refractivity contribution in [2.24, 2.45) is 0 Å². The first kappa shape index (κ1) is 14.1. The van der Waals surface area contributed by atoms with E-state index in [4.69, 9.17) is 17.0 Å². The Morgan fingerprint density at radius 1 is 1.37 bits per heavy atom. The Kier molecular flexibility index (Phi) is 4.99. The smallest absolute Gasteiger partial charge is 0.263 e. The van der Waals surface area contributed by atoms with Gasteiger partial charge in [0.05, 0.1) is 11.5 Å². The fourth-order valence-corrected chi connectivity index (χ4v) is 2.61. The van der Waals surface area contributed by atoms with Crippen molar-refractivity contribution in [3.63, 3.8) is 0 Å². The molecule has 1 aromatic carbocycles. The van der Waals surface area contributed by atoms with Gasteiger partial charge in [-0.05, 0) is 30.2 Å². The molecule has 1 aliphatic rings. The Morgan fingerprint density at radius 3 is 2.68 bits per heavy atom. The van der Waals surface area contributed by atoms with Crippen molar-refractivity contribution >= 4 is 40.3 Å². The van der Waals surface area contributed by atoms with Crippen molar-refractivity contribution in [3.8, 4) is 5.75 Å². The lowest BCUT2D eigenvalue weighted by atomic mass is 10.2. The second-order valence-electron chi connectivity index (χ2n) is 4.12. The molecule has 0 aromatic heterocycles. The van der Waals surface area contributed by atoms with Gasteiger partial charge in [0.15, 0.2) is 0 Å². The zero-order valence-corrected chi connectivity index (χ0v) is 12.3. The molecule has 1 saturated heterocycles. The summed E-state index contributed by atoms with van der Waals surface area (Å²) < 4.78 is 6.09. The molecule has 0 bridgehead atoms. The molecule has 1 N–H and O–H groups in total. The van der Waals surface area contributed by atoms with E-state index in [1.807, 2.05) is 30.3 Å². The van der Waals surface area contributed by atoms with Crippen molar-refractivity contribution in [3.05, 3.63) is 34.7 Å². The van der Waals surface area contributed by atoms with Crippen molar-refractivity contribution in [1.82, 2.24) is 5.32 Å². The fraction of sp³-hybridized carbons (Fsp3) is 0.286. The van der Waals surface area contributed by atoms with Gasteiger partial charge in [-0.15, -0.1) is 0 Å². The monoisotopic (exact) mass is 293 g/mol. The minimum absolute atomic E-state index is 0.127. The Bertz CT molecular complexity index is 509. The summed E-state index contributed by atoms with van der Waals surface area (Å²) in [4.78, 5) is 12.1. The second kappa shape index (κ2) is 6.73. The van der Waals surface area contributed by atoms with E-state index in [2.05, 4.69) is 12.2 Å². The van der Waals surface area contributed by atoms with Gasteiger partial charge in [0.25, 0.3) is 5.91 Å². The predicted molar refractivity (Wildman–Crippen MR) is 83.2 cm³/mol. The highest BCUT2D eigenvalue weighted by Gasteiger charge is 2.21. The van der Waals surface area contributed by atoms with E-state index >= 15 is 0 Å². The van der Waals surface area contributed by atoms with Crippen LogP contribution in [0.4, 0.5) is 0 Å². The van der Waals surface area contributed by atoms with E-state index in [1.54, 1.807) is 0 Å². The van der Waals surface area contributed by atoms with Gasteiger partial charge in [-0.3, -0.25) is 4.79 Å². The van der Waals surface area contributed by atoms with Crippen LogP contribution >= 0.6 is 24.0 Å². The average Bonchev–Trinajstić information content (AvgIpc) is 2.70. The number of rotatable bonds is 5. The number of ether oxygens (including phenoxy) is 1. The standard InChI is InChI=1S/C14H15NO2S2/c1-2-3-8-17-11-6-4-10(5-7-11)9-12-13(16)15-14(18)19-12/h4-7,9H,2-3,8H2,1H3,(H,15,16,18). The summed E-state index contributed by atoms with van der Waals surface area (Å²) in [6.45, 7) is 2.87. The number of unbranched alkanes of at least 4 members (excludes halogenated alkanes) is 1. The number of thioether (sulfide) groups is 1. The van der Waals surface area contributed by atoms with Crippen LogP contribution in [0.2, 0.25) is 0 Å². The molecular weight excluding hydrogens is 278 g/mol. The molecule has 0 atom stereocenters. The first-order valence-corrected chi connectivity index (χ1v) is 7.39. The predicted octanol–water partition coefficient (Wildman–Crippen LogP) is 3.35. The van der Waals surface area contributed by atoms with Crippen LogP contribution in [0.3, 0.4) is 0 Å². The van der Waals surface area contributed by atoms with Crippen molar-refractivity contribution < 1.29 is 9.53 Å². The zero-order valence-electron chi connectivity index (χ0n) is 10.6. The summed E-state index contributed by atoms with van der Waals surface area (Å²) in [5.41, 5.74) is 0.963. The first-order valence-electron chi connectivity index (χ1n) is 6.17. The van der Waals surface area contributed by atoms with E-state index in [9.17, 15) is 4.79 Å². The molecule has 0 spiro atoms. The van der Waals surface area contributed by atoms with E-state index in [-0.39, 0.29) is 5.91 Å². The number of carbonyl (C=O) groups is 1. The van der Waals surface area contributed by atoms with Crippen LogP contribution in [0.1, 0.15) is 25.3 Å². The van der Waals surface area contributed by atoms with Crippen LogP contribution in [0.5, 0.6) is 5.75 Å². The molecule has 0 saturated carbocycles. The summed E-state index contributed by atoms with van der Waals surface area (Å²) >= 11 is 6.23. The van der Waals surface area contributed by atoms with Gasteiger partial charge < -0.3 is 10.1 Å². The summed E-state index contributed by atoms with van der Waals surface area (Å²) in [6.07, 6.45) is 4.01. The molecule has 0 radical (unpaired) electrons. The molecule has 1 aromatic rings. The zero-order chi connectivity index (χ0) is 13.7. The van der Waals surface area contributed by atoms with Crippen LogP contribution in [0.25, 0.3) is 6.08 Å². The third-order valence-electron chi connectivity index (χ3n) is 2.59. The van der Waals surface area contributed by atoms with E-state index in [1.165, 1.54) is 11.8 Å². The highest BCUT2D eigenvalue weighted by molar-refractivity contribution is 8.26. The maximum atomic E-state index is 11.5. The summed E-state index contributed by atoms with van der Waals surface area (Å²) in [7, 11) is 0. The molecule has 1 amide bonds. The van der Waals surface area contributed by atoms with Gasteiger partial charge in [-0.1, -0.05) is 49.5 Å². The second-order valence-corrected chi connectivity index (χ2v) is 5.84. The van der Waals surface area contributed by atoms with Crippen LogP contribution in [0, 0.1) is 0 Å². The summed E-state index contributed by atoms with van der Waals surface area (Å²) in [6, 6.07) is 7.70. The quantitative estimate of drug-likeness (QED) is 0.513. The Hall–Kier alpha value is -1.33. The molecule has 3 nitrogen and oxygen atoms in total. The molecule has 5 heteroatoms. The van der Waals surface area contributed by atoms with Gasteiger partial charge in [0.2, 0.25) is 0 Å². The molecule has 0 unspecified atom stereocenters.